The fourth-order valence-electron chi connectivity index (χ4n) is 0.921. The molecule has 0 atom stereocenters. The molecule has 0 spiro atoms. The summed E-state index contributed by atoms with van der Waals surface area (Å²) in [6.07, 6.45) is 3.12. The minimum atomic E-state index is -0.216. The molecular weight excluding hydrogens is 214 g/mol. The number of aliphatic hydroxyl groups is 1. The van der Waals surface area contributed by atoms with Crippen molar-refractivity contribution < 1.29 is 5.11 Å². The molecule has 0 aliphatic rings. The highest BCUT2D eigenvalue weighted by Gasteiger charge is 2.03. The first-order chi connectivity index (χ1) is 7.13. The monoisotopic (exact) mass is 227 g/mol. The number of thiocarbonyl (C=S) groups is 1. The zero-order chi connectivity index (χ0) is 11.3. The van der Waals surface area contributed by atoms with Crippen molar-refractivity contribution in [1.29, 1.82) is 0 Å². The molecule has 0 saturated heterocycles. The molecule has 0 saturated carbocycles. The molecule has 6 nitrogen and oxygen atoms in total. The molecule has 0 aromatic carbocycles. The maximum absolute atomic E-state index is 8.64. The maximum Gasteiger partial charge on any atom is 0.159 e. The van der Waals surface area contributed by atoms with Crippen LogP contribution in [0.15, 0.2) is 12.4 Å². The Bertz CT molecular complexity index is 344. The van der Waals surface area contributed by atoms with Crippen LogP contribution < -0.4 is 10.7 Å². The van der Waals surface area contributed by atoms with Crippen molar-refractivity contribution in [2.75, 3.05) is 26.3 Å². The molecule has 1 rings (SSSR count). The van der Waals surface area contributed by atoms with Crippen LogP contribution in [0.1, 0.15) is 5.69 Å². The van der Waals surface area contributed by atoms with Gasteiger partial charge >= 0.3 is 0 Å². The molecular formula is C8H13N5OS. The van der Waals surface area contributed by atoms with Gasteiger partial charge in [-0.3, -0.25) is 4.98 Å². The standard InChI is InChI=1S/C8H13N5OS/c1-13(2)12-7-4-9-3-6(11-7)8(15)10-5-14/h3-4,14H,5H2,1-2H3,(H,10,15)(H,11,12). The number of rotatable bonds is 4. The second kappa shape index (κ2) is 5.54. The Morgan fingerprint density at radius 1 is 1.53 bits per heavy atom. The molecule has 0 bridgehead atoms. The molecule has 1 aromatic rings. The van der Waals surface area contributed by atoms with E-state index >= 15 is 0 Å². The van der Waals surface area contributed by atoms with Crippen LogP contribution in [0.3, 0.4) is 0 Å². The van der Waals surface area contributed by atoms with Crippen LogP contribution in [0.25, 0.3) is 0 Å². The summed E-state index contributed by atoms with van der Waals surface area (Å²) in [7, 11) is 3.69. The number of anilines is 1. The van der Waals surface area contributed by atoms with Crippen molar-refractivity contribution in [3.05, 3.63) is 18.1 Å². The van der Waals surface area contributed by atoms with E-state index in [9.17, 15) is 0 Å². The third kappa shape index (κ3) is 3.74. The Hall–Kier alpha value is -1.31. The first-order valence-corrected chi connectivity index (χ1v) is 4.69. The fourth-order valence-corrected chi connectivity index (χ4v) is 1.08. The lowest BCUT2D eigenvalue weighted by atomic mass is 10.4. The summed E-state index contributed by atoms with van der Waals surface area (Å²) in [6, 6.07) is 0. The van der Waals surface area contributed by atoms with Gasteiger partial charge in [0.25, 0.3) is 0 Å². The first kappa shape index (κ1) is 11.8. The number of hydrogen-bond donors (Lipinski definition) is 3. The number of hydrogen-bond acceptors (Lipinski definition) is 6. The van der Waals surface area contributed by atoms with Crippen LogP contribution in [0.5, 0.6) is 0 Å². The van der Waals surface area contributed by atoms with E-state index in [1.807, 2.05) is 14.1 Å². The predicted octanol–water partition coefficient (Wildman–Crippen LogP) is -0.420. The van der Waals surface area contributed by atoms with Crippen LogP contribution >= 0.6 is 12.2 Å². The summed E-state index contributed by atoms with van der Waals surface area (Å²) in [5.74, 6) is 0.597. The van der Waals surface area contributed by atoms with Gasteiger partial charge in [-0.05, 0) is 0 Å². The normalized spacial score (nSPS) is 10.1. The molecule has 0 unspecified atom stereocenters. The molecule has 0 aliphatic carbocycles. The zero-order valence-corrected chi connectivity index (χ0v) is 9.38. The Morgan fingerprint density at radius 3 is 2.87 bits per heavy atom. The quantitative estimate of drug-likeness (QED) is 0.366. The summed E-state index contributed by atoms with van der Waals surface area (Å²) >= 11 is 4.98. The van der Waals surface area contributed by atoms with Crippen molar-refractivity contribution >= 4 is 23.0 Å². The Kier molecular flexibility index (Phi) is 4.35. The van der Waals surface area contributed by atoms with Gasteiger partial charge in [-0.25, -0.2) is 9.99 Å². The van der Waals surface area contributed by atoms with E-state index in [1.165, 1.54) is 6.20 Å². The smallest absolute Gasteiger partial charge is 0.159 e. The van der Waals surface area contributed by atoms with Gasteiger partial charge in [-0.1, -0.05) is 12.2 Å². The molecule has 0 amide bonds. The largest absolute Gasteiger partial charge is 0.377 e. The lowest BCUT2D eigenvalue weighted by Crippen LogP contribution is -2.25. The van der Waals surface area contributed by atoms with Gasteiger partial charge in [0.1, 0.15) is 17.4 Å². The van der Waals surface area contributed by atoms with Gasteiger partial charge in [-0.15, -0.1) is 0 Å². The predicted molar refractivity (Wildman–Crippen MR) is 61.3 cm³/mol. The maximum atomic E-state index is 8.64. The van der Waals surface area contributed by atoms with Gasteiger partial charge in [0.05, 0.1) is 12.4 Å². The van der Waals surface area contributed by atoms with E-state index in [0.717, 1.165) is 0 Å². The highest BCUT2D eigenvalue weighted by atomic mass is 32.1. The molecule has 3 N–H and O–H groups in total. The van der Waals surface area contributed by atoms with E-state index in [0.29, 0.717) is 16.5 Å². The van der Waals surface area contributed by atoms with Gasteiger partial charge < -0.3 is 15.8 Å². The summed E-state index contributed by atoms with van der Waals surface area (Å²) in [4.78, 5) is 8.55. The van der Waals surface area contributed by atoms with Crippen molar-refractivity contribution in [2.24, 2.45) is 0 Å². The fraction of sp³-hybridized carbons (Fsp3) is 0.375. The van der Waals surface area contributed by atoms with Crippen LogP contribution in [0, 0.1) is 0 Å². The molecule has 0 fully saturated rings. The Balaban J connectivity index is 2.78. The molecule has 1 aromatic heterocycles. The summed E-state index contributed by atoms with van der Waals surface area (Å²) in [6.45, 7) is -0.216. The summed E-state index contributed by atoms with van der Waals surface area (Å²) in [5.41, 5.74) is 3.47. The number of aliphatic hydroxyl groups excluding tert-OH is 1. The summed E-state index contributed by atoms with van der Waals surface area (Å²) in [5, 5.41) is 13.0. The molecule has 0 aliphatic heterocycles. The van der Waals surface area contributed by atoms with Crippen LogP contribution in [-0.2, 0) is 0 Å². The molecule has 0 radical (unpaired) electrons. The van der Waals surface area contributed by atoms with Crippen LogP contribution in [-0.4, -0.2) is 45.9 Å². The number of aromatic nitrogens is 2. The second-order valence-electron chi connectivity index (χ2n) is 2.96. The lowest BCUT2D eigenvalue weighted by molar-refractivity contribution is 0.287. The van der Waals surface area contributed by atoms with Gasteiger partial charge in [-0.2, -0.15) is 0 Å². The van der Waals surface area contributed by atoms with E-state index in [1.54, 1.807) is 11.2 Å². The third-order valence-corrected chi connectivity index (χ3v) is 1.80. The second-order valence-corrected chi connectivity index (χ2v) is 3.37. The third-order valence-electron chi connectivity index (χ3n) is 1.44. The first-order valence-electron chi connectivity index (χ1n) is 4.28. The van der Waals surface area contributed by atoms with Crippen LogP contribution in [0.2, 0.25) is 0 Å². The minimum Gasteiger partial charge on any atom is -0.377 e. The summed E-state index contributed by atoms with van der Waals surface area (Å²) < 4.78 is 0. The van der Waals surface area contributed by atoms with E-state index in [-0.39, 0.29) is 6.73 Å². The Morgan fingerprint density at radius 2 is 2.27 bits per heavy atom. The Labute approximate surface area is 93.3 Å². The molecule has 82 valence electrons. The SMILES string of the molecule is CN(C)Nc1cncc(C(=S)NCO)n1. The van der Waals surface area contributed by atoms with Crippen molar-refractivity contribution in [2.45, 2.75) is 0 Å². The minimum absolute atomic E-state index is 0.216. The van der Waals surface area contributed by atoms with Crippen molar-refractivity contribution in [3.63, 3.8) is 0 Å². The van der Waals surface area contributed by atoms with Crippen molar-refractivity contribution in [3.8, 4) is 0 Å². The van der Waals surface area contributed by atoms with Gasteiger partial charge in [0.15, 0.2) is 5.82 Å². The number of hydrazine groups is 1. The van der Waals surface area contributed by atoms with E-state index in [4.69, 9.17) is 17.3 Å². The average Bonchev–Trinajstić information content (AvgIpc) is 2.17. The molecule has 7 heteroatoms. The van der Waals surface area contributed by atoms with Crippen LogP contribution in [0.4, 0.5) is 5.82 Å². The number of nitrogens with zero attached hydrogens (tertiary/aromatic N) is 3. The highest BCUT2D eigenvalue weighted by Crippen LogP contribution is 2.02. The van der Waals surface area contributed by atoms with Gasteiger partial charge in [0.2, 0.25) is 0 Å². The van der Waals surface area contributed by atoms with Crippen molar-refractivity contribution in [1.82, 2.24) is 20.3 Å². The highest BCUT2D eigenvalue weighted by molar-refractivity contribution is 7.80. The zero-order valence-electron chi connectivity index (χ0n) is 8.56. The van der Waals surface area contributed by atoms with Gasteiger partial charge in [0, 0.05) is 14.1 Å². The molecule has 15 heavy (non-hydrogen) atoms. The average molecular weight is 227 g/mol. The lowest BCUT2D eigenvalue weighted by Gasteiger charge is -2.12. The van der Waals surface area contributed by atoms with E-state index in [2.05, 4.69) is 20.7 Å². The number of nitrogens with one attached hydrogen (secondary N) is 2. The molecule has 1 heterocycles. The topological polar surface area (TPSA) is 73.3 Å². The van der Waals surface area contributed by atoms with E-state index < -0.39 is 0 Å².